The van der Waals surface area contributed by atoms with Crippen molar-refractivity contribution in [2.45, 2.75) is 25.9 Å². The van der Waals surface area contributed by atoms with E-state index in [2.05, 4.69) is 14.9 Å². The van der Waals surface area contributed by atoms with Crippen molar-refractivity contribution in [1.82, 2.24) is 9.97 Å². The zero-order valence-electron chi connectivity index (χ0n) is 13.0. The smallest absolute Gasteiger partial charge is 0.225 e. The van der Waals surface area contributed by atoms with Gasteiger partial charge in [-0.05, 0) is 37.0 Å². The van der Waals surface area contributed by atoms with E-state index in [0.717, 1.165) is 49.0 Å². The number of methoxy groups -OCH3 is 2. The molecule has 0 radical (unpaired) electrons. The van der Waals surface area contributed by atoms with E-state index >= 15 is 0 Å². The van der Waals surface area contributed by atoms with E-state index in [4.69, 9.17) is 9.47 Å². The van der Waals surface area contributed by atoms with Crippen LogP contribution in [0, 0.1) is 17.8 Å². The molecule has 0 spiro atoms. The minimum Gasteiger partial charge on any atom is -0.384 e. The van der Waals surface area contributed by atoms with Crippen LogP contribution in [0.15, 0.2) is 12.4 Å². The first-order valence-electron chi connectivity index (χ1n) is 7.85. The predicted molar refractivity (Wildman–Crippen MR) is 81.2 cm³/mol. The zero-order valence-corrected chi connectivity index (χ0v) is 13.0. The molecule has 2 heterocycles. The molecule has 0 aromatic carbocycles. The van der Waals surface area contributed by atoms with E-state index in [-0.39, 0.29) is 0 Å². The van der Waals surface area contributed by atoms with Gasteiger partial charge in [0.2, 0.25) is 5.95 Å². The Hall–Kier alpha value is -1.20. The summed E-state index contributed by atoms with van der Waals surface area (Å²) in [7, 11) is 3.50. The molecule has 0 N–H and O–H groups in total. The lowest BCUT2D eigenvalue weighted by atomic mass is 9.91. The van der Waals surface area contributed by atoms with Crippen LogP contribution >= 0.6 is 0 Å². The fourth-order valence-electron chi connectivity index (χ4n) is 3.53. The third kappa shape index (κ3) is 3.52. The molecular weight excluding hydrogens is 266 g/mol. The van der Waals surface area contributed by atoms with Gasteiger partial charge in [-0.25, -0.2) is 9.97 Å². The Morgan fingerprint density at radius 1 is 1.14 bits per heavy atom. The Morgan fingerprint density at radius 2 is 1.86 bits per heavy atom. The van der Waals surface area contributed by atoms with Crippen LogP contribution in [0.4, 0.5) is 5.95 Å². The number of ether oxygens (including phenoxy) is 2. The van der Waals surface area contributed by atoms with Gasteiger partial charge in [-0.2, -0.15) is 0 Å². The molecule has 2 fully saturated rings. The maximum absolute atomic E-state index is 5.27. The van der Waals surface area contributed by atoms with E-state index in [9.17, 15) is 0 Å². The standard InChI is InChI=1S/C16H25N3O2/c1-20-10-12-8-17-16(18-9-12)19-5-3-13(4-6-19)15-7-14(15)11-21-2/h8-9,13-15H,3-7,10-11H2,1-2H3. The summed E-state index contributed by atoms with van der Waals surface area (Å²) in [5.74, 6) is 3.44. The first kappa shape index (κ1) is 14.7. The normalized spacial score (nSPS) is 26.1. The van der Waals surface area contributed by atoms with Gasteiger partial charge in [0.15, 0.2) is 0 Å². The Kier molecular flexibility index (Phi) is 4.70. The number of aromatic nitrogens is 2. The lowest BCUT2D eigenvalue weighted by Gasteiger charge is -2.32. The van der Waals surface area contributed by atoms with Gasteiger partial charge < -0.3 is 14.4 Å². The molecule has 1 aliphatic heterocycles. The van der Waals surface area contributed by atoms with Crippen LogP contribution in [0.25, 0.3) is 0 Å². The third-order valence-electron chi connectivity index (χ3n) is 4.79. The molecular formula is C16H25N3O2. The highest BCUT2D eigenvalue weighted by atomic mass is 16.5. The molecule has 1 saturated carbocycles. The van der Waals surface area contributed by atoms with Crippen molar-refractivity contribution in [3.63, 3.8) is 0 Å². The van der Waals surface area contributed by atoms with E-state index in [1.807, 2.05) is 19.5 Å². The van der Waals surface area contributed by atoms with Crippen molar-refractivity contribution in [2.24, 2.45) is 17.8 Å². The number of hydrogen-bond donors (Lipinski definition) is 0. The van der Waals surface area contributed by atoms with Gasteiger partial charge in [0, 0.05) is 51.9 Å². The minimum atomic E-state index is 0.574. The van der Waals surface area contributed by atoms with Crippen molar-refractivity contribution in [2.75, 3.05) is 38.8 Å². The van der Waals surface area contributed by atoms with Crippen molar-refractivity contribution in [1.29, 1.82) is 0 Å². The maximum Gasteiger partial charge on any atom is 0.225 e. The van der Waals surface area contributed by atoms with Crippen molar-refractivity contribution < 1.29 is 9.47 Å². The Balaban J connectivity index is 1.49. The number of rotatable bonds is 6. The summed E-state index contributed by atoms with van der Waals surface area (Å²) >= 11 is 0. The number of anilines is 1. The monoisotopic (exact) mass is 291 g/mol. The van der Waals surface area contributed by atoms with E-state index in [1.165, 1.54) is 19.3 Å². The van der Waals surface area contributed by atoms with Crippen LogP contribution in [0.1, 0.15) is 24.8 Å². The second kappa shape index (κ2) is 6.71. The van der Waals surface area contributed by atoms with E-state index in [1.54, 1.807) is 7.11 Å². The summed E-state index contributed by atoms with van der Waals surface area (Å²) in [4.78, 5) is 11.2. The van der Waals surface area contributed by atoms with Gasteiger partial charge in [0.25, 0.3) is 0 Å². The van der Waals surface area contributed by atoms with Crippen molar-refractivity contribution in [3.05, 3.63) is 18.0 Å². The molecule has 2 aliphatic rings. The summed E-state index contributed by atoms with van der Waals surface area (Å²) in [6.45, 7) is 3.66. The molecule has 2 atom stereocenters. The van der Waals surface area contributed by atoms with Gasteiger partial charge in [0.05, 0.1) is 6.61 Å². The largest absolute Gasteiger partial charge is 0.384 e. The van der Waals surface area contributed by atoms with Crippen LogP contribution in [-0.4, -0.2) is 43.9 Å². The van der Waals surface area contributed by atoms with Gasteiger partial charge >= 0.3 is 0 Å². The first-order chi connectivity index (χ1) is 10.3. The fraction of sp³-hybridized carbons (Fsp3) is 0.750. The molecule has 116 valence electrons. The molecule has 5 nitrogen and oxygen atoms in total. The van der Waals surface area contributed by atoms with Gasteiger partial charge in [-0.15, -0.1) is 0 Å². The average molecular weight is 291 g/mol. The van der Waals surface area contributed by atoms with Gasteiger partial charge in [-0.1, -0.05) is 0 Å². The highest BCUT2D eigenvalue weighted by Gasteiger charge is 2.43. The summed E-state index contributed by atoms with van der Waals surface area (Å²) in [5, 5.41) is 0. The van der Waals surface area contributed by atoms with Crippen LogP contribution in [-0.2, 0) is 16.1 Å². The van der Waals surface area contributed by atoms with E-state index < -0.39 is 0 Å². The molecule has 21 heavy (non-hydrogen) atoms. The molecule has 1 aliphatic carbocycles. The van der Waals surface area contributed by atoms with Crippen LogP contribution in [0.5, 0.6) is 0 Å². The zero-order chi connectivity index (χ0) is 14.7. The lowest BCUT2D eigenvalue weighted by molar-refractivity contribution is 0.173. The predicted octanol–water partition coefficient (Wildman–Crippen LogP) is 2.12. The molecule has 1 aromatic heterocycles. The SMILES string of the molecule is COCc1cnc(N2CCC(C3CC3COC)CC2)nc1. The second-order valence-electron chi connectivity index (χ2n) is 6.26. The molecule has 0 bridgehead atoms. The topological polar surface area (TPSA) is 47.5 Å². The van der Waals surface area contributed by atoms with Crippen molar-refractivity contribution >= 4 is 5.95 Å². The number of nitrogens with zero attached hydrogens (tertiary/aromatic N) is 3. The van der Waals surface area contributed by atoms with Crippen LogP contribution in [0.2, 0.25) is 0 Å². The molecule has 2 unspecified atom stereocenters. The number of hydrogen-bond acceptors (Lipinski definition) is 5. The Morgan fingerprint density at radius 3 is 2.48 bits per heavy atom. The molecule has 1 aromatic rings. The highest BCUT2D eigenvalue weighted by Crippen LogP contribution is 2.48. The molecule has 1 saturated heterocycles. The summed E-state index contributed by atoms with van der Waals surface area (Å²) in [5.41, 5.74) is 1.02. The van der Waals surface area contributed by atoms with Gasteiger partial charge in [0.1, 0.15) is 0 Å². The summed E-state index contributed by atoms with van der Waals surface area (Å²) in [6, 6.07) is 0. The third-order valence-corrected chi connectivity index (χ3v) is 4.79. The van der Waals surface area contributed by atoms with Gasteiger partial charge in [-0.3, -0.25) is 0 Å². The maximum atomic E-state index is 5.27. The average Bonchev–Trinajstić information content (AvgIpc) is 3.28. The molecule has 3 rings (SSSR count). The van der Waals surface area contributed by atoms with E-state index in [0.29, 0.717) is 6.61 Å². The summed E-state index contributed by atoms with van der Waals surface area (Å²) in [6.07, 6.45) is 7.61. The summed E-state index contributed by atoms with van der Waals surface area (Å²) < 4.78 is 10.4. The van der Waals surface area contributed by atoms with Crippen LogP contribution in [0.3, 0.4) is 0 Å². The quantitative estimate of drug-likeness (QED) is 0.803. The Bertz CT molecular complexity index is 443. The molecule has 5 heteroatoms. The first-order valence-corrected chi connectivity index (χ1v) is 7.85. The lowest BCUT2D eigenvalue weighted by Crippen LogP contribution is -2.35. The Labute approximate surface area is 126 Å². The number of piperidine rings is 1. The van der Waals surface area contributed by atoms with Crippen LogP contribution < -0.4 is 4.90 Å². The second-order valence-corrected chi connectivity index (χ2v) is 6.26. The minimum absolute atomic E-state index is 0.574. The molecule has 0 amide bonds. The van der Waals surface area contributed by atoms with Crippen molar-refractivity contribution in [3.8, 4) is 0 Å². The fourth-order valence-corrected chi connectivity index (χ4v) is 3.53. The highest BCUT2D eigenvalue weighted by molar-refractivity contribution is 5.30.